The minimum atomic E-state index is -0.142. The predicted molar refractivity (Wildman–Crippen MR) is 91.7 cm³/mol. The van der Waals surface area contributed by atoms with Gasteiger partial charge in [0.25, 0.3) is 5.91 Å². The van der Waals surface area contributed by atoms with Crippen molar-refractivity contribution in [2.24, 2.45) is 0 Å². The van der Waals surface area contributed by atoms with Crippen LogP contribution in [0.3, 0.4) is 0 Å². The van der Waals surface area contributed by atoms with Crippen LogP contribution in [-0.4, -0.2) is 32.8 Å². The van der Waals surface area contributed by atoms with Crippen LogP contribution in [0, 0.1) is 13.8 Å². The zero-order chi connectivity index (χ0) is 17.0. The quantitative estimate of drug-likeness (QED) is 0.738. The van der Waals surface area contributed by atoms with E-state index in [-0.39, 0.29) is 11.7 Å². The molecule has 1 amide bonds. The summed E-state index contributed by atoms with van der Waals surface area (Å²) < 4.78 is 2.06. The molecule has 6 heteroatoms. The van der Waals surface area contributed by atoms with Crippen LogP contribution in [0.25, 0.3) is 11.0 Å². The fourth-order valence-corrected chi connectivity index (χ4v) is 3.61. The number of anilines is 1. The Morgan fingerprint density at radius 3 is 2.62 bits per heavy atom. The van der Waals surface area contributed by atoms with Gasteiger partial charge in [-0.25, -0.2) is 4.98 Å². The summed E-state index contributed by atoms with van der Waals surface area (Å²) in [7, 11) is 0. The van der Waals surface area contributed by atoms with E-state index in [1.165, 1.54) is 6.92 Å². The molecule has 0 fully saturated rings. The number of nitrogens with zero attached hydrogens (tertiary/aromatic N) is 3. The van der Waals surface area contributed by atoms with Gasteiger partial charge in [0.2, 0.25) is 5.95 Å². The highest BCUT2D eigenvalue weighted by Crippen LogP contribution is 2.29. The third-order valence-corrected chi connectivity index (χ3v) is 4.67. The summed E-state index contributed by atoms with van der Waals surface area (Å²) >= 11 is 0. The highest BCUT2D eigenvalue weighted by molar-refractivity contribution is 6.09. The number of carbonyl (C=O) groups is 2. The van der Waals surface area contributed by atoms with Gasteiger partial charge in [0, 0.05) is 24.3 Å². The Labute approximate surface area is 139 Å². The van der Waals surface area contributed by atoms with Gasteiger partial charge < -0.3 is 9.55 Å². The Morgan fingerprint density at radius 1 is 1.17 bits per heavy atom. The van der Waals surface area contributed by atoms with Crippen molar-refractivity contribution in [3.05, 3.63) is 46.8 Å². The lowest BCUT2D eigenvalue weighted by Crippen LogP contribution is -2.30. The molecule has 0 atom stereocenters. The van der Waals surface area contributed by atoms with E-state index in [2.05, 4.69) is 14.5 Å². The van der Waals surface area contributed by atoms with Crippen molar-refractivity contribution >= 4 is 28.7 Å². The maximum atomic E-state index is 13.0. The SMILES string of the molecule is CC(=O)c1c(C)[nH]c(C(=O)N2CCn3c2nc2ccccc23)c1C. The molecule has 2 aromatic heterocycles. The van der Waals surface area contributed by atoms with Gasteiger partial charge in [-0.3, -0.25) is 14.5 Å². The van der Waals surface area contributed by atoms with Crippen molar-refractivity contribution in [1.82, 2.24) is 14.5 Å². The van der Waals surface area contributed by atoms with E-state index in [1.54, 1.807) is 4.90 Å². The normalized spacial score (nSPS) is 13.5. The van der Waals surface area contributed by atoms with Gasteiger partial charge in [-0.2, -0.15) is 0 Å². The molecule has 0 aliphatic carbocycles. The zero-order valence-corrected chi connectivity index (χ0v) is 13.9. The minimum absolute atomic E-state index is 0.0334. The van der Waals surface area contributed by atoms with Crippen LogP contribution in [0.4, 0.5) is 5.95 Å². The molecule has 1 N–H and O–H groups in total. The number of hydrogen-bond donors (Lipinski definition) is 1. The Hall–Kier alpha value is -2.89. The molecule has 0 bridgehead atoms. The first-order valence-electron chi connectivity index (χ1n) is 7.96. The lowest BCUT2D eigenvalue weighted by molar-refractivity contribution is 0.0983. The van der Waals surface area contributed by atoms with E-state index < -0.39 is 0 Å². The van der Waals surface area contributed by atoms with Crippen LogP contribution in [0.2, 0.25) is 0 Å². The van der Waals surface area contributed by atoms with E-state index in [4.69, 9.17) is 0 Å². The summed E-state index contributed by atoms with van der Waals surface area (Å²) in [4.78, 5) is 34.2. The van der Waals surface area contributed by atoms with E-state index in [9.17, 15) is 9.59 Å². The highest BCUT2D eigenvalue weighted by atomic mass is 16.2. The number of benzene rings is 1. The van der Waals surface area contributed by atoms with Crippen molar-refractivity contribution in [3.8, 4) is 0 Å². The Bertz CT molecular complexity index is 996. The zero-order valence-electron chi connectivity index (χ0n) is 13.9. The molecule has 3 aromatic rings. The van der Waals surface area contributed by atoms with Gasteiger partial charge in [-0.05, 0) is 38.5 Å². The van der Waals surface area contributed by atoms with Crippen LogP contribution in [-0.2, 0) is 6.54 Å². The van der Waals surface area contributed by atoms with Gasteiger partial charge in [-0.15, -0.1) is 0 Å². The number of H-pyrrole nitrogens is 1. The molecule has 0 spiro atoms. The molecule has 0 saturated heterocycles. The average molecular weight is 322 g/mol. The Balaban J connectivity index is 1.78. The van der Waals surface area contributed by atoms with Crippen molar-refractivity contribution < 1.29 is 9.59 Å². The molecule has 4 rings (SSSR count). The van der Waals surface area contributed by atoms with E-state index in [1.807, 2.05) is 38.1 Å². The number of aromatic amines is 1. The standard InChI is InChI=1S/C18H18N4O2/c1-10-15(12(3)23)11(2)19-16(10)17(24)22-9-8-21-14-7-5-4-6-13(14)20-18(21)22/h4-7,19H,8-9H2,1-3H3. The van der Waals surface area contributed by atoms with Crippen LogP contribution in [0.5, 0.6) is 0 Å². The monoisotopic (exact) mass is 322 g/mol. The predicted octanol–water partition coefficient (Wildman–Crippen LogP) is 2.84. The van der Waals surface area contributed by atoms with Crippen molar-refractivity contribution in [2.75, 3.05) is 11.4 Å². The molecular weight excluding hydrogens is 304 g/mol. The summed E-state index contributed by atoms with van der Waals surface area (Å²) in [5, 5.41) is 0. The molecular formula is C18H18N4O2. The van der Waals surface area contributed by atoms with Crippen LogP contribution in [0.1, 0.15) is 39.0 Å². The first-order chi connectivity index (χ1) is 11.5. The molecule has 0 saturated carbocycles. The number of fused-ring (bicyclic) bond motifs is 3. The summed E-state index contributed by atoms with van der Waals surface area (Å²) in [5.74, 6) is 0.489. The molecule has 1 aliphatic rings. The number of amides is 1. The van der Waals surface area contributed by atoms with Crippen molar-refractivity contribution in [2.45, 2.75) is 27.3 Å². The van der Waals surface area contributed by atoms with Gasteiger partial charge in [-0.1, -0.05) is 12.1 Å². The number of nitrogens with one attached hydrogen (secondary N) is 1. The fourth-order valence-electron chi connectivity index (χ4n) is 3.61. The van der Waals surface area contributed by atoms with Crippen molar-refractivity contribution in [3.63, 3.8) is 0 Å². The minimum Gasteiger partial charge on any atom is -0.354 e. The maximum absolute atomic E-state index is 13.0. The number of imidazole rings is 1. The number of Topliss-reactive ketones (excluding diaryl/α,β-unsaturated/α-hetero) is 1. The van der Waals surface area contributed by atoms with E-state index in [0.717, 1.165) is 23.3 Å². The molecule has 3 heterocycles. The number of aryl methyl sites for hydroxylation is 1. The summed E-state index contributed by atoms with van der Waals surface area (Å²) in [6.07, 6.45) is 0. The number of hydrogen-bond acceptors (Lipinski definition) is 3. The van der Waals surface area contributed by atoms with Crippen LogP contribution in [0.15, 0.2) is 24.3 Å². The summed E-state index contributed by atoms with van der Waals surface area (Å²) in [5.41, 5.74) is 4.43. The molecule has 24 heavy (non-hydrogen) atoms. The van der Waals surface area contributed by atoms with Gasteiger partial charge in [0.1, 0.15) is 5.69 Å². The summed E-state index contributed by atoms with van der Waals surface area (Å²) in [6.45, 7) is 6.46. The summed E-state index contributed by atoms with van der Waals surface area (Å²) in [6, 6.07) is 7.87. The highest BCUT2D eigenvalue weighted by Gasteiger charge is 2.31. The number of ketones is 1. The first kappa shape index (κ1) is 14.7. The lowest BCUT2D eigenvalue weighted by Gasteiger charge is -2.13. The molecule has 1 aromatic carbocycles. The fraction of sp³-hybridized carbons (Fsp3) is 0.278. The third-order valence-electron chi connectivity index (χ3n) is 4.67. The molecule has 0 unspecified atom stereocenters. The second kappa shape index (κ2) is 5.06. The largest absolute Gasteiger partial charge is 0.354 e. The average Bonchev–Trinajstić information content (AvgIpc) is 3.18. The lowest BCUT2D eigenvalue weighted by atomic mass is 10.1. The third kappa shape index (κ3) is 1.92. The van der Waals surface area contributed by atoms with E-state index in [0.29, 0.717) is 29.3 Å². The number of aromatic nitrogens is 3. The van der Waals surface area contributed by atoms with Crippen LogP contribution < -0.4 is 4.90 Å². The van der Waals surface area contributed by atoms with Gasteiger partial charge >= 0.3 is 0 Å². The Morgan fingerprint density at radius 2 is 1.92 bits per heavy atom. The van der Waals surface area contributed by atoms with Crippen LogP contribution >= 0.6 is 0 Å². The van der Waals surface area contributed by atoms with E-state index >= 15 is 0 Å². The second-order valence-electron chi connectivity index (χ2n) is 6.19. The molecule has 6 nitrogen and oxygen atoms in total. The number of para-hydroxylation sites is 2. The second-order valence-corrected chi connectivity index (χ2v) is 6.19. The maximum Gasteiger partial charge on any atom is 0.277 e. The molecule has 122 valence electrons. The topological polar surface area (TPSA) is 71.0 Å². The Kier molecular flexibility index (Phi) is 3.09. The number of rotatable bonds is 2. The van der Waals surface area contributed by atoms with Gasteiger partial charge in [0.15, 0.2) is 5.78 Å². The van der Waals surface area contributed by atoms with Gasteiger partial charge in [0.05, 0.1) is 11.0 Å². The first-order valence-corrected chi connectivity index (χ1v) is 7.96. The molecule has 0 radical (unpaired) electrons. The molecule has 1 aliphatic heterocycles. The van der Waals surface area contributed by atoms with Crippen molar-refractivity contribution in [1.29, 1.82) is 0 Å². The number of carbonyl (C=O) groups excluding carboxylic acids is 2. The smallest absolute Gasteiger partial charge is 0.277 e.